The summed E-state index contributed by atoms with van der Waals surface area (Å²) in [6, 6.07) is 0.563. The van der Waals surface area contributed by atoms with E-state index in [1.165, 1.54) is 0 Å². The first-order valence-electron chi connectivity index (χ1n) is 8.71. The first kappa shape index (κ1) is 14.9. The van der Waals surface area contributed by atoms with Gasteiger partial charge in [-0.25, -0.2) is 9.97 Å². The minimum atomic E-state index is -0.142. The monoisotopic (exact) mass is 315 g/mol. The van der Waals surface area contributed by atoms with Crippen molar-refractivity contribution in [3.05, 3.63) is 11.5 Å². The number of fused-ring (bicyclic) bond motifs is 6. The summed E-state index contributed by atoms with van der Waals surface area (Å²) in [6.45, 7) is 9.32. The lowest BCUT2D eigenvalue weighted by molar-refractivity contribution is -0.118. The number of aromatic nitrogens is 2. The van der Waals surface area contributed by atoms with Crippen LogP contribution >= 0.6 is 0 Å². The van der Waals surface area contributed by atoms with Crippen molar-refractivity contribution in [2.45, 2.75) is 70.5 Å². The zero-order valence-corrected chi connectivity index (χ0v) is 14.3. The summed E-state index contributed by atoms with van der Waals surface area (Å²) in [7, 11) is 0. The molecule has 0 aromatic carbocycles. The first-order chi connectivity index (χ1) is 11.0. The fourth-order valence-electron chi connectivity index (χ4n) is 4.04. The van der Waals surface area contributed by atoms with Crippen LogP contribution in [0, 0.1) is 0 Å². The SMILES string of the molecule is CC(C)c1nc(C(C)C)c2c(n1)N1CC3CCC(N3)C1C(=O)N2. The molecule has 1 amide bonds. The van der Waals surface area contributed by atoms with Crippen molar-refractivity contribution in [2.75, 3.05) is 16.8 Å². The second-order valence-corrected chi connectivity index (χ2v) is 7.61. The van der Waals surface area contributed by atoms with Gasteiger partial charge >= 0.3 is 0 Å². The number of nitrogens with one attached hydrogen (secondary N) is 2. The number of carbonyl (C=O) groups excluding carboxylic acids is 1. The van der Waals surface area contributed by atoms with Crippen LogP contribution in [0.1, 0.15) is 63.9 Å². The standard InChI is InChI=1S/C17H25N5O/c1-8(2)12-13-16(21-15(19-12)9(3)4)22-7-10-5-6-11(18-10)14(22)17(23)20-13/h8-11,14,18H,5-7H2,1-4H3,(H,20,23). The van der Waals surface area contributed by atoms with Crippen LogP contribution in [-0.2, 0) is 4.79 Å². The van der Waals surface area contributed by atoms with E-state index in [0.717, 1.165) is 42.4 Å². The summed E-state index contributed by atoms with van der Waals surface area (Å²) in [5, 5.41) is 6.69. The third kappa shape index (κ3) is 2.23. The second-order valence-electron chi connectivity index (χ2n) is 7.61. The lowest BCUT2D eigenvalue weighted by Crippen LogP contribution is -2.64. The average molecular weight is 315 g/mol. The Hall–Kier alpha value is -1.69. The van der Waals surface area contributed by atoms with Gasteiger partial charge in [-0.15, -0.1) is 0 Å². The molecule has 23 heavy (non-hydrogen) atoms. The zero-order chi connectivity index (χ0) is 16.3. The molecule has 3 atom stereocenters. The fourth-order valence-corrected chi connectivity index (χ4v) is 4.04. The molecule has 0 spiro atoms. The molecule has 3 aliphatic rings. The molecule has 0 saturated carbocycles. The molecule has 2 fully saturated rings. The van der Waals surface area contributed by atoms with Gasteiger partial charge in [-0.1, -0.05) is 27.7 Å². The Balaban J connectivity index is 1.87. The number of carbonyl (C=O) groups is 1. The Kier molecular flexibility index (Phi) is 3.34. The highest BCUT2D eigenvalue weighted by Gasteiger charge is 2.48. The van der Waals surface area contributed by atoms with E-state index in [1.54, 1.807) is 0 Å². The molecule has 2 bridgehead atoms. The van der Waals surface area contributed by atoms with Crippen LogP contribution in [0.3, 0.4) is 0 Å². The molecular weight excluding hydrogens is 290 g/mol. The molecule has 2 N–H and O–H groups in total. The van der Waals surface area contributed by atoms with Gasteiger partial charge in [0.2, 0.25) is 5.91 Å². The predicted octanol–water partition coefficient (Wildman–Crippen LogP) is 1.98. The third-order valence-electron chi connectivity index (χ3n) is 5.20. The number of rotatable bonds is 2. The highest BCUT2D eigenvalue weighted by molar-refractivity contribution is 6.04. The fraction of sp³-hybridized carbons (Fsp3) is 0.706. The largest absolute Gasteiger partial charge is 0.340 e. The number of anilines is 2. The van der Waals surface area contributed by atoms with Crippen molar-refractivity contribution in [2.24, 2.45) is 0 Å². The van der Waals surface area contributed by atoms with E-state index >= 15 is 0 Å². The summed E-state index contributed by atoms with van der Waals surface area (Å²) in [5.41, 5.74) is 1.78. The third-order valence-corrected chi connectivity index (χ3v) is 5.20. The number of piperazine rings is 1. The molecule has 2 saturated heterocycles. The lowest BCUT2D eigenvalue weighted by Gasteiger charge is -2.44. The Labute approximate surface area is 137 Å². The van der Waals surface area contributed by atoms with E-state index in [4.69, 9.17) is 9.97 Å². The Bertz CT molecular complexity index is 657. The van der Waals surface area contributed by atoms with Crippen molar-refractivity contribution < 1.29 is 4.79 Å². The molecule has 1 aromatic heterocycles. The van der Waals surface area contributed by atoms with Crippen LogP contribution in [0.25, 0.3) is 0 Å². The molecule has 4 rings (SSSR count). The van der Waals surface area contributed by atoms with Crippen LogP contribution in [0.2, 0.25) is 0 Å². The maximum absolute atomic E-state index is 12.7. The minimum absolute atomic E-state index is 0.0816. The first-order valence-corrected chi connectivity index (χ1v) is 8.71. The molecule has 1 aromatic rings. The lowest BCUT2D eigenvalue weighted by atomic mass is 9.98. The minimum Gasteiger partial charge on any atom is -0.340 e. The summed E-state index contributed by atoms with van der Waals surface area (Å²) < 4.78 is 0. The Morgan fingerprint density at radius 1 is 1.13 bits per heavy atom. The molecule has 124 valence electrons. The zero-order valence-electron chi connectivity index (χ0n) is 14.3. The predicted molar refractivity (Wildman–Crippen MR) is 89.9 cm³/mol. The molecule has 6 heteroatoms. The smallest absolute Gasteiger partial charge is 0.248 e. The van der Waals surface area contributed by atoms with Gasteiger partial charge in [0.1, 0.15) is 17.6 Å². The summed E-state index contributed by atoms with van der Waals surface area (Å²) >= 11 is 0. The van der Waals surface area contributed by atoms with Crippen LogP contribution in [0.4, 0.5) is 11.5 Å². The van der Waals surface area contributed by atoms with Crippen molar-refractivity contribution in [3.63, 3.8) is 0 Å². The van der Waals surface area contributed by atoms with E-state index in [2.05, 4.69) is 43.2 Å². The Morgan fingerprint density at radius 3 is 2.61 bits per heavy atom. The summed E-state index contributed by atoms with van der Waals surface area (Å²) in [6.07, 6.45) is 2.20. The molecule has 4 heterocycles. The summed E-state index contributed by atoms with van der Waals surface area (Å²) in [4.78, 5) is 24.5. The van der Waals surface area contributed by atoms with E-state index in [-0.39, 0.29) is 29.8 Å². The van der Waals surface area contributed by atoms with Crippen LogP contribution < -0.4 is 15.5 Å². The highest BCUT2D eigenvalue weighted by Crippen LogP contribution is 2.40. The maximum Gasteiger partial charge on any atom is 0.248 e. The molecule has 6 nitrogen and oxygen atoms in total. The van der Waals surface area contributed by atoms with Gasteiger partial charge in [0.15, 0.2) is 5.82 Å². The molecule has 0 aliphatic carbocycles. The quantitative estimate of drug-likeness (QED) is 0.873. The van der Waals surface area contributed by atoms with Crippen molar-refractivity contribution in [3.8, 4) is 0 Å². The van der Waals surface area contributed by atoms with Crippen molar-refractivity contribution >= 4 is 17.4 Å². The van der Waals surface area contributed by atoms with E-state index in [1.807, 2.05) is 0 Å². The van der Waals surface area contributed by atoms with E-state index in [9.17, 15) is 4.79 Å². The van der Waals surface area contributed by atoms with Gasteiger partial charge < -0.3 is 15.5 Å². The maximum atomic E-state index is 12.7. The number of amides is 1. The number of nitrogens with zero attached hydrogens (tertiary/aromatic N) is 3. The normalized spacial score (nSPS) is 28.9. The topological polar surface area (TPSA) is 70.2 Å². The van der Waals surface area contributed by atoms with Gasteiger partial charge in [-0.3, -0.25) is 4.79 Å². The van der Waals surface area contributed by atoms with E-state index in [0.29, 0.717) is 6.04 Å². The molecule has 3 aliphatic heterocycles. The Morgan fingerprint density at radius 2 is 1.91 bits per heavy atom. The van der Waals surface area contributed by atoms with Crippen molar-refractivity contribution in [1.82, 2.24) is 15.3 Å². The number of hydrogen-bond acceptors (Lipinski definition) is 5. The van der Waals surface area contributed by atoms with Crippen LogP contribution in [0.15, 0.2) is 0 Å². The van der Waals surface area contributed by atoms with Crippen LogP contribution in [0.5, 0.6) is 0 Å². The van der Waals surface area contributed by atoms with Gasteiger partial charge in [0.25, 0.3) is 0 Å². The molecule has 0 radical (unpaired) electrons. The molecular formula is C17H25N5O. The van der Waals surface area contributed by atoms with Crippen LogP contribution in [-0.4, -0.2) is 40.5 Å². The average Bonchev–Trinajstić information content (AvgIpc) is 2.87. The second kappa shape index (κ2) is 5.16. The number of hydrogen-bond donors (Lipinski definition) is 2. The van der Waals surface area contributed by atoms with Gasteiger partial charge in [-0.2, -0.15) is 0 Å². The van der Waals surface area contributed by atoms with Gasteiger partial charge in [0, 0.05) is 24.5 Å². The van der Waals surface area contributed by atoms with Gasteiger partial charge in [0.05, 0.1) is 5.69 Å². The van der Waals surface area contributed by atoms with Crippen molar-refractivity contribution in [1.29, 1.82) is 0 Å². The van der Waals surface area contributed by atoms with E-state index < -0.39 is 0 Å². The molecule has 3 unspecified atom stereocenters. The van der Waals surface area contributed by atoms with Gasteiger partial charge in [-0.05, 0) is 18.8 Å². The highest BCUT2D eigenvalue weighted by atomic mass is 16.2. The summed E-state index contributed by atoms with van der Waals surface area (Å²) in [5.74, 6) is 2.40.